The summed E-state index contributed by atoms with van der Waals surface area (Å²) in [6.45, 7) is 0. The van der Waals surface area contributed by atoms with Gasteiger partial charge in [0, 0.05) is 18.9 Å². The molecule has 1 heterocycles. The molecule has 1 atom stereocenters. The van der Waals surface area contributed by atoms with E-state index in [1.807, 2.05) is 60.7 Å². The number of benzene rings is 3. The van der Waals surface area contributed by atoms with Crippen LogP contribution in [0.15, 0.2) is 78.9 Å². The highest BCUT2D eigenvalue weighted by molar-refractivity contribution is 6.16. The third kappa shape index (κ3) is 4.67. The number of nitro benzene ring substituents is 1. The number of nitrogens with one attached hydrogen (secondary N) is 1. The van der Waals surface area contributed by atoms with E-state index in [2.05, 4.69) is 5.32 Å². The largest absolute Gasteiger partial charge is 0.372 e. The molecule has 7 nitrogen and oxygen atoms in total. The summed E-state index contributed by atoms with van der Waals surface area (Å²) < 4.78 is 0. The van der Waals surface area contributed by atoms with Crippen molar-refractivity contribution in [3.05, 3.63) is 100 Å². The molecule has 1 aliphatic heterocycles. The Morgan fingerprint density at radius 1 is 0.906 bits per heavy atom. The summed E-state index contributed by atoms with van der Waals surface area (Å²) in [4.78, 5) is 37.0. The van der Waals surface area contributed by atoms with Gasteiger partial charge in [0.2, 0.25) is 11.8 Å². The van der Waals surface area contributed by atoms with Gasteiger partial charge in [0.25, 0.3) is 5.69 Å². The number of amides is 2. The van der Waals surface area contributed by atoms with Crippen molar-refractivity contribution >= 4 is 28.9 Å². The van der Waals surface area contributed by atoms with Crippen LogP contribution in [0.1, 0.15) is 36.4 Å². The molecule has 2 amide bonds. The lowest BCUT2D eigenvalue weighted by Gasteiger charge is -2.25. The van der Waals surface area contributed by atoms with Crippen molar-refractivity contribution in [2.75, 3.05) is 10.2 Å². The third-order valence-corrected chi connectivity index (χ3v) is 5.53. The first-order chi connectivity index (χ1) is 15.5. The number of rotatable bonds is 7. The van der Waals surface area contributed by atoms with E-state index in [1.54, 1.807) is 12.1 Å². The van der Waals surface area contributed by atoms with Gasteiger partial charge in [0.15, 0.2) is 0 Å². The number of imide groups is 1. The molecule has 0 saturated carbocycles. The van der Waals surface area contributed by atoms with Crippen molar-refractivity contribution in [2.24, 2.45) is 0 Å². The number of nitro groups is 1. The molecule has 4 rings (SSSR count). The maximum atomic E-state index is 12.3. The molecule has 0 aromatic heterocycles. The van der Waals surface area contributed by atoms with Gasteiger partial charge in [0.1, 0.15) is 5.69 Å². The van der Waals surface area contributed by atoms with Crippen LogP contribution in [-0.2, 0) is 16.0 Å². The maximum Gasteiger partial charge on any atom is 0.294 e. The van der Waals surface area contributed by atoms with Crippen molar-refractivity contribution in [1.29, 1.82) is 0 Å². The zero-order valence-corrected chi connectivity index (χ0v) is 17.4. The van der Waals surface area contributed by atoms with E-state index >= 15 is 0 Å². The molecule has 162 valence electrons. The molecule has 0 spiro atoms. The van der Waals surface area contributed by atoms with Gasteiger partial charge in [-0.2, -0.15) is 0 Å². The van der Waals surface area contributed by atoms with Crippen LogP contribution in [0.25, 0.3) is 0 Å². The first kappa shape index (κ1) is 21.2. The molecule has 32 heavy (non-hydrogen) atoms. The SMILES string of the molecule is O=C1CCCC(=O)N1c1ccc(N[C@@H](Cc2ccccc2)c2ccccc2)c([N+](=O)[O-])c1. The molecular formula is C25H23N3O4. The van der Waals surface area contributed by atoms with E-state index in [1.165, 1.54) is 6.07 Å². The molecule has 1 fully saturated rings. The number of carbonyl (C=O) groups is 2. The Bertz CT molecular complexity index is 1120. The maximum absolute atomic E-state index is 12.3. The molecular weight excluding hydrogens is 406 g/mol. The Morgan fingerprint density at radius 2 is 1.53 bits per heavy atom. The highest BCUT2D eigenvalue weighted by atomic mass is 16.6. The average molecular weight is 429 g/mol. The molecule has 3 aromatic carbocycles. The minimum absolute atomic E-state index is 0.178. The third-order valence-electron chi connectivity index (χ3n) is 5.53. The summed E-state index contributed by atoms with van der Waals surface area (Å²) in [5.74, 6) is -0.662. The van der Waals surface area contributed by atoms with Gasteiger partial charge >= 0.3 is 0 Å². The van der Waals surface area contributed by atoms with E-state index < -0.39 is 4.92 Å². The normalized spacial score (nSPS) is 14.8. The van der Waals surface area contributed by atoms with Crippen LogP contribution < -0.4 is 10.2 Å². The predicted octanol–water partition coefficient (Wildman–Crippen LogP) is 5.03. The lowest BCUT2D eigenvalue weighted by Crippen LogP contribution is -2.40. The van der Waals surface area contributed by atoms with Gasteiger partial charge in [-0.05, 0) is 36.1 Å². The van der Waals surface area contributed by atoms with Crippen molar-refractivity contribution < 1.29 is 14.5 Å². The summed E-state index contributed by atoms with van der Waals surface area (Å²) in [5.41, 5.74) is 2.48. The highest BCUT2D eigenvalue weighted by Crippen LogP contribution is 2.34. The number of piperidine rings is 1. The van der Waals surface area contributed by atoms with Crippen molar-refractivity contribution in [3.63, 3.8) is 0 Å². The quantitative estimate of drug-likeness (QED) is 0.323. The summed E-state index contributed by atoms with van der Waals surface area (Å²) in [5, 5.41) is 15.2. The van der Waals surface area contributed by atoms with Crippen LogP contribution in [0.3, 0.4) is 0 Å². The first-order valence-electron chi connectivity index (χ1n) is 10.5. The van der Waals surface area contributed by atoms with Crippen LogP contribution >= 0.6 is 0 Å². The number of hydrogen-bond donors (Lipinski definition) is 1. The van der Waals surface area contributed by atoms with Crippen LogP contribution in [0, 0.1) is 10.1 Å². The molecule has 1 N–H and O–H groups in total. The van der Waals surface area contributed by atoms with Crippen molar-refractivity contribution in [3.8, 4) is 0 Å². The van der Waals surface area contributed by atoms with Gasteiger partial charge in [0.05, 0.1) is 16.7 Å². The second kappa shape index (κ2) is 9.43. The Morgan fingerprint density at radius 3 is 2.16 bits per heavy atom. The second-order valence-electron chi connectivity index (χ2n) is 7.73. The zero-order valence-electron chi connectivity index (χ0n) is 17.4. The summed E-state index contributed by atoms with van der Waals surface area (Å²) in [7, 11) is 0. The predicted molar refractivity (Wildman–Crippen MR) is 122 cm³/mol. The fraction of sp³-hybridized carbons (Fsp3) is 0.200. The monoisotopic (exact) mass is 429 g/mol. The summed E-state index contributed by atoms with van der Waals surface area (Å²) >= 11 is 0. The fourth-order valence-electron chi connectivity index (χ4n) is 3.95. The van der Waals surface area contributed by atoms with Crippen LogP contribution in [0.5, 0.6) is 0 Å². The topological polar surface area (TPSA) is 92.6 Å². The van der Waals surface area contributed by atoms with Gasteiger partial charge in [-0.25, -0.2) is 0 Å². The molecule has 7 heteroatoms. The molecule has 0 aliphatic carbocycles. The van der Waals surface area contributed by atoms with E-state index in [9.17, 15) is 19.7 Å². The molecule has 3 aromatic rings. The van der Waals surface area contributed by atoms with Crippen molar-refractivity contribution in [1.82, 2.24) is 0 Å². The van der Waals surface area contributed by atoms with Crippen molar-refractivity contribution in [2.45, 2.75) is 31.7 Å². The molecule has 0 unspecified atom stereocenters. The summed E-state index contributed by atoms with van der Waals surface area (Å²) in [6, 6.07) is 23.9. The Kier molecular flexibility index (Phi) is 6.26. The van der Waals surface area contributed by atoms with Crippen LogP contribution in [0.4, 0.5) is 17.1 Å². The number of hydrogen-bond acceptors (Lipinski definition) is 5. The number of anilines is 2. The van der Waals surface area contributed by atoms with Gasteiger partial charge in [-0.3, -0.25) is 24.6 Å². The highest BCUT2D eigenvalue weighted by Gasteiger charge is 2.29. The molecule has 1 saturated heterocycles. The lowest BCUT2D eigenvalue weighted by atomic mass is 9.98. The number of carbonyl (C=O) groups excluding carboxylic acids is 2. The van der Waals surface area contributed by atoms with Crippen LogP contribution in [0.2, 0.25) is 0 Å². The van der Waals surface area contributed by atoms with Gasteiger partial charge < -0.3 is 5.32 Å². The molecule has 0 radical (unpaired) electrons. The van der Waals surface area contributed by atoms with Gasteiger partial charge in [-0.15, -0.1) is 0 Å². The molecule has 1 aliphatic rings. The standard InChI is InChI=1S/C25H23N3O4/c29-24-12-7-13-25(30)27(24)20-14-15-21(23(17-20)28(31)32)26-22(19-10-5-2-6-11-19)16-18-8-3-1-4-9-18/h1-6,8-11,14-15,17,22,26H,7,12-13,16H2/t22-/m0/s1. The van der Waals surface area contributed by atoms with E-state index in [0.717, 1.165) is 16.0 Å². The van der Waals surface area contributed by atoms with Gasteiger partial charge in [-0.1, -0.05) is 60.7 Å². The summed E-state index contributed by atoms with van der Waals surface area (Å²) in [6.07, 6.45) is 1.65. The number of nitrogens with zero attached hydrogens (tertiary/aromatic N) is 2. The van der Waals surface area contributed by atoms with E-state index in [4.69, 9.17) is 0 Å². The molecule has 0 bridgehead atoms. The Hall–Kier alpha value is -4.00. The lowest BCUT2D eigenvalue weighted by molar-refractivity contribution is -0.383. The smallest absolute Gasteiger partial charge is 0.294 e. The minimum atomic E-state index is -0.491. The zero-order chi connectivity index (χ0) is 22.5. The van der Waals surface area contributed by atoms with E-state index in [0.29, 0.717) is 18.5 Å². The Balaban J connectivity index is 1.68. The minimum Gasteiger partial charge on any atom is -0.372 e. The second-order valence-corrected chi connectivity index (χ2v) is 7.73. The fourth-order valence-corrected chi connectivity index (χ4v) is 3.95. The van der Waals surface area contributed by atoms with Crippen LogP contribution in [-0.4, -0.2) is 16.7 Å². The average Bonchev–Trinajstić information content (AvgIpc) is 2.80. The first-order valence-corrected chi connectivity index (χ1v) is 10.5. The Labute approximate surface area is 185 Å². The van der Waals surface area contributed by atoms with E-state index in [-0.39, 0.29) is 42.1 Å².